The van der Waals surface area contributed by atoms with Gasteiger partial charge in [-0.3, -0.25) is 0 Å². The number of quaternary nitrogens is 3. The normalized spacial score (nSPS) is 12.6. The minimum atomic E-state index is 0.671. The number of H-pyrrole nitrogens is 3. The molecule has 0 unspecified atom stereocenters. The number of aromatic amines is 3. The second-order valence-corrected chi connectivity index (χ2v) is 20.4. The molecule has 0 amide bonds. The molecule has 8 rings (SSSR count). The predicted molar refractivity (Wildman–Crippen MR) is 271 cm³/mol. The summed E-state index contributed by atoms with van der Waals surface area (Å²) >= 11 is 0. The summed E-state index contributed by atoms with van der Waals surface area (Å²) in [5.41, 5.74) is 13.9. The lowest BCUT2D eigenvalue weighted by Crippen LogP contribution is -2.36. The molecule has 0 atom stereocenters. The largest absolute Gasteiger partial charge is 0.493 e. The molecule has 10 heteroatoms. The molecular formula is C55H68N7O3+3. The Morgan fingerprint density at radius 3 is 0.954 bits per heavy atom. The van der Waals surface area contributed by atoms with Gasteiger partial charge in [-0.05, 0) is 102 Å². The van der Waals surface area contributed by atoms with Gasteiger partial charge in [0.05, 0.1) is 125 Å². The van der Waals surface area contributed by atoms with Gasteiger partial charge in [-0.15, -0.1) is 0 Å². The van der Waals surface area contributed by atoms with Crippen LogP contribution in [0.1, 0.15) is 30.7 Å². The zero-order valence-corrected chi connectivity index (χ0v) is 39.9. The van der Waals surface area contributed by atoms with E-state index in [0.29, 0.717) is 19.8 Å². The maximum Gasteiger partial charge on any atom is 0.119 e. The molecule has 0 aliphatic carbocycles. The van der Waals surface area contributed by atoms with Crippen molar-refractivity contribution in [3.05, 3.63) is 121 Å². The van der Waals surface area contributed by atoms with Crippen LogP contribution in [0.5, 0.6) is 17.2 Å². The van der Waals surface area contributed by atoms with Crippen molar-refractivity contribution in [2.45, 2.75) is 19.3 Å². The number of rotatable bonds is 18. The molecule has 5 heterocycles. The molecule has 0 spiro atoms. The maximum atomic E-state index is 6.23. The summed E-state index contributed by atoms with van der Waals surface area (Å²) in [6.07, 6.45) is 7.23. The molecule has 338 valence electrons. The summed E-state index contributed by atoms with van der Waals surface area (Å²) in [7, 11) is 19.9. The first-order valence-corrected chi connectivity index (χ1v) is 23.0. The van der Waals surface area contributed by atoms with E-state index in [2.05, 4.69) is 200 Å². The number of nitrogens with one attached hydrogen (secondary N) is 3. The molecule has 8 bridgehead atoms. The molecule has 7 aromatic rings. The molecule has 3 N–H and O–H groups in total. The summed E-state index contributed by atoms with van der Waals surface area (Å²) in [6, 6.07) is 38.3. The van der Waals surface area contributed by atoms with Crippen LogP contribution in [0, 0.1) is 0 Å². The summed E-state index contributed by atoms with van der Waals surface area (Å²) < 4.78 is 21.4. The van der Waals surface area contributed by atoms with Crippen molar-refractivity contribution in [3.8, 4) is 50.6 Å². The van der Waals surface area contributed by atoms with Gasteiger partial charge in [-0.2, -0.15) is 0 Å². The van der Waals surface area contributed by atoms with Crippen LogP contribution < -0.4 is 14.2 Å². The zero-order chi connectivity index (χ0) is 45.8. The lowest BCUT2D eigenvalue weighted by Gasteiger charge is -2.23. The van der Waals surface area contributed by atoms with E-state index in [-0.39, 0.29) is 0 Å². The topological polar surface area (TPSA) is 87.9 Å². The van der Waals surface area contributed by atoms with Gasteiger partial charge in [0.15, 0.2) is 0 Å². The second-order valence-electron chi connectivity index (χ2n) is 20.4. The van der Waals surface area contributed by atoms with Gasteiger partial charge in [0.2, 0.25) is 0 Å². The Morgan fingerprint density at radius 1 is 0.354 bits per heavy atom. The quantitative estimate of drug-likeness (QED) is 0.0592. The molecule has 10 nitrogen and oxygen atoms in total. The first kappa shape index (κ1) is 45.2. The lowest BCUT2D eigenvalue weighted by molar-refractivity contribution is -0.870. The van der Waals surface area contributed by atoms with Crippen LogP contribution in [0.15, 0.2) is 109 Å². The summed E-state index contributed by atoms with van der Waals surface area (Å²) in [5, 5.41) is 0. The van der Waals surface area contributed by atoms with E-state index >= 15 is 0 Å². The molecule has 4 aromatic heterocycles. The smallest absolute Gasteiger partial charge is 0.119 e. The van der Waals surface area contributed by atoms with Gasteiger partial charge >= 0.3 is 0 Å². The minimum Gasteiger partial charge on any atom is -0.493 e. The van der Waals surface area contributed by atoms with E-state index in [1.54, 1.807) is 0 Å². The van der Waals surface area contributed by atoms with Crippen LogP contribution >= 0.6 is 0 Å². The highest BCUT2D eigenvalue weighted by Gasteiger charge is 2.18. The first-order valence-electron chi connectivity index (χ1n) is 23.0. The average Bonchev–Trinajstić information content (AvgIpc) is 4.10. The van der Waals surface area contributed by atoms with Gasteiger partial charge < -0.3 is 42.6 Å². The Hall–Kier alpha value is -6.33. The van der Waals surface area contributed by atoms with Crippen LogP contribution in [0.3, 0.4) is 0 Å². The molecule has 1 aliphatic heterocycles. The molecule has 0 saturated heterocycles. The third-order valence-corrected chi connectivity index (χ3v) is 11.7. The fraction of sp³-hybridized carbons (Fsp3) is 0.327. The highest BCUT2D eigenvalue weighted by atomic mass is 16.5. The van der Waals surface area contributed by atoms with E-state index in [9.17, 15) is 0 Å². The molecule has 65 heavy (non-hydrogen) atoms. The Kier molecular flexibility index (Phi) is 13.2. The van der Waals surface area contributed by atoms with Gasteiger partial charge in [0.25, 0.3) is 0 Å². The Balaban J connectivity index is 1.25. The Labute approximate surface area is 384 Å². The molecule has 3 aromatic carbocycles. The van der Waals surface area contributed by atoms with Crippen molar-refractivity contribution < 1.29 is 27.7 Å². The first-order chi connectivity index (χ1) is 31.0. The SMILES string of the molecule is C[N+](C)(C)CCCOc1ccc(-c2c3nc(c(-c4ccc(OCCC[N+](C)(C)C)cc4)c4ccc([nH]4)c4ccc([nH]4)c(-c4ccc(OCCC[N+](C)(C)C)cc4)c4ccc2[nH]4)C=C3)cc1. The number of hydrogen-bond acceptors (Lipinski definition) is 4. The van der Waals surface area contributed by atoms with E-state index < -0.39 is 0 Å². The summed E-state index contributed by atoms with van der Waals surface area (Å²) in [6.45, 7) is 5.18. The van der Waals surface area contributed by atoms with Gasteiger partial charge in [0.1, 0.15) is 17.2 Å². The van der Waals surface area contributed by atoms with Crippen LogP contribution in [0.25, 0.3) is 78.6 Å². The lowest BCUT2D eigenvalue weighted by atomic mass is 10.0. The van der Waals surface area contributed by atoms with E-state index in [1.165, 1.54) is 0 Å². The average molecular weight is 875 g/mol. The summed E-state index contributed by atoms with van der Waals surface area (Å²) in [5.74, 6) is 2.58. The van der Waals surface area contributed by atoms with E-state index in [1.807, 2.05) is 0 Å². The summed E-state index contributed by atoms with van der Waals surface area (Å²) in [4.78, 5) is 16.9. The molecule has 0 saturated carbocycles. The monoisotopic (exact) mass is 875 g/mol. The number of hydrogen-bond donors (Lipinski definition) is 3. The van der Waals surface area contributed by atoms with Gasteiger partial charge in [0, 0.05) is 58.0 Å². The molecule has 0 radical (unpaired) electrons. The predicted octanol–water partition coefficient (Wildman–Crippen LogP) is 11.1. The highest BCUT2D eigenvalue weighted by Crippen LogP contribution is 2.37. The van der Waals surface area contributed by atoms with Crippen molar-refractivity contribution >= 4 is 45.3 Å². The number of nitrogens with zero attached hydrogens (tertiary/aromatic N) is 4. The van der Waals surface area contributed by atoms with Gasteiger partial charge in [-0.25, -0.2) is 4.98 Å². The Bertz CT molecular complexity index is 2860. The number of ether oxygens (including phenoxy) is 3. The van der Waals surface area contributed by atoms with Crippen molar-refractivity contribution in [2.75, 3.05) is 103 Å². The Morgan fingerprint density at radius 2 is 0.631 bits per heavy atom. The van der Waals surface area contributed by atoms with Crippen molar-refractivity contribution in [1.82, 2.24) is 19.9 Å². The number of fused-ring (bicyclic) bond motifs is 9. The van der Waals surface area contributed by atoms with Crippen LogP contribution in [0.2, 0.25) is 0 Å². The molecule has 0 fully saturated rings. The zero-order valence-electron chi connectivity index (χ0n) is 39.9. The van der Waals surface area contributed by atoms with E-state index in [4.69, 9.17) is 19.2 Å². The second kappa shape index (κ2) is 19.0. The van der Waals surface area contributed by atoms with Gasteiger partial charge in [-0.1, -0.05) is 36.4 Å². The van der Waals surface area contributed by atoms with E-state index in [0.717, 1.165) is 147 Å². The van der Waals surface area contributed by atoms with Crippen molar-refractivity contribution in [3.63, 3.8) is 0 Å². The number of benzene rings is 3. The van der Waals surface area contributed by atoms with Crippen LogP contribution in [0.4, 0.5) is 0 Å². The maximum absolute atomic E-state index is 6.23. The van der Waals surface area contributed by atoms with Crippen molar-refractivity contribution in [2.24, 2.45) is 0 Å². The standard InChI is InChI=1S/C55H68N7O3/c1-60(2,3)33-10-36-63-42-19-13-39(14-20-42)53-47-27-25-45(56-47)46-26-28-48(57-46)54(40-15-21-43(22-16-40)64-37-11-34-61(4,5)6)50-30-32-52(59-50)55(51-31-29-49(53)58-51)41-17-23-44(24-18-41)65-38-12-35-62(7,8)9/h13-32,56-58H,10-12,33-38H2,1-9H3/q+3. The molecule has 1 aliphatic rings. The number of aromatic nitrogens is 4. The van der Waals surface area contributed by atoms with Crippen molar-refractivity contribution in [1.29, 1.82) is 0 Å². The highest BCUT2D eigenvalue weighted by molar-refractivity contribution is 5.99. The fourth-order valence-electron chi connectivity index (χ4n) is 8.40. The third kappa shape index (κ3) is 11.7. The fourth-order valence-corrected chi connectivity index (χ4v) is 8.40. The van der Waals surface area contributed by atoms with Crippen LogP contribution in [-0.4, -0.2) is 136 Å². The minimum absolute atomic E-state index is 0.671. The third-order valence-electron chi connectivity index (χ3n) is 11.7. The van der Waals surface area contributed by atoms with Crippen LogP contribution in [-0.2, 0) is 0 Å². The molecular weight excluding hydrogens is 807 g/mol.